The molecule has 4 unspecified atom stereocenters. The van der Waals surface area contributed by atoms with Crippen LogP contribution in [0.5, 0.6) is 0 Å². The second-order valence-corrected chi connectivity index (χ2v) is 5.28. The zero-order chi connectivity index (χ0) is 12.8. The van der Waals surface area contributed by atoms with Gasteiger partial charge < -0.3 is 10.1 Å². The highest BCUT2D eigenvalue weighted by molar-refractivity contribution is 5.75. The van der Waals surface area contributed by atoms with Crippen molar-refractivity contribution >= 4 is 5.97 Å². The first-order valence-corrected chi connectivity index (χ1v) is 7.02. The highest BCUT2D eigenvalue weighted by Gasteiger charge is 2.32. The molecule has 0 aromatic heterocycles. The lowest BCUT2D eigenvalue weighted by molar-refractivity contribution is -0.146. The second-order valence-electron chi connectivity index (χ2n) is 5.28. The van der Waals surface area contributed by atoms with E-state index in [2.05, 4.69) is 26.1 Å². The van der Waals surface area contributed by atoms with Crippen molar-refractivity contribution in [3.05, 3.63) is 0 Å². The van der Waals surface area contributed by atoms with E-state index < -0.39 is 0 Å². The first-order chi connectivity index (χ1) is 8.10. The Labute approximate surface area is 105 Å². The fourth-order valence-corrected chi connectivity index (χ4v) is 2.66. The van der Waals surface area contributed by atoms with Crippen molar-refractivity contribution in [2.24, 2.45) is 11.8 Å². The molecule has 1 rings (SSSR count). The zero-order valence-corrected chi connectivity index (χ0v) is 11.7. The highest BCUT2D eigenvalue weighted by Crippen LogP contribution is 2.31. The molecule has 0 aromatic carbocycles. The molecule has 1 fully saturated rings. The molecule has 0 amide bonds. The number of ether oxygens (including phenoxy) is 1. The van der Waals surface area contributed by atoms with Crippen LogP contribution in [-0.2, 0) is 9.53 Å². The lowest BCUT2D eigenvalue weighted by Gasteiger charge is -2.25. The summed E-state index contributed by atoms with van der Waals surface area (Å²) in [6.45, 7) is 9.02. The lowest BCUT2D eigenvalue weighted by Crippen LogP contribution is -2.45. The minimum atomic E-state index is -0.113. The molecule has 1 N–H and O–H groups in total. The number of hydrogen-bond acceptors (Lipinski definition) is 3. The molecule has 0 spiro atoms. The van der Waals surface area contributed by atoms with E-state index >= 15 is 0 Å². The average molecular weight is 241 g/mol. The van der Waals surface area contributed by atoms with E-state index in [4.69, 9.17) is 4.74 Å². The third-order valence-electron chi connectivity index (χ3n) is 4.03. The van der Waals surface area contributed by atoms with Gasteiger partial charge in [0.15, 0.2) is 0 Å². The van der Waals surface area contributed by atoms with Crippen molar-refractivity contribution in [1.29, 1.82) is 0 Å². The van der Waals surface area contributed by atoms with Gasteiger partial charge in [-0.2, -0.15) is 0 Å². The largest absolute Gasteiger partial charge is 0.465 e. The highest BCUT2D eigenvalue weighted by atomic mass is 16.5. The minimum absolute atomic E-state index is 0.0823. The van der Waals surface area contributed by atoms with Crippen LogP contribution in [0, 0.1) is 11.8 Å². The number of esters is 1. The van der Waals surface area contributed by atoms with Crippen LogP contribution in [0.15, 0.2) is 0 Å². The molecule has 3 nitrogen and oxygen atoms in total. The minimum Gasteiger partial charge on any atom is -0.465 e. The summed E-state index contributed by atoms with van der Waals surface area (Å²) in [6, 6.07) is 0.364. The van der Waals surface area contributed by atoms with Gasteiger partial charge in [-0.15, -0.1) is 0 Å². The van der Waals surface area contributed by atoms with Crippen molar-refractivity contribution in [1.82, 2.24) is 5.32 Å². The normalized spacial score (nSPS) is 30.2. The van der Waals surface area contributed by atoms with Gasteiger partial charge in [-0.25, -0.2) is 0 Å². The van der Waals surface area contributed by atoms with Gasteiger partial charge in [-0.1, -0.05) is 27.2 Å². The van der Waals surface area contributed by atoms with Crippen LogP contribution in [0.4, 0.5) is 0 Å². The predicted molar refractivity (Wildman–Crippen MR) is 69.8 cm³/mol. The molecule has 0 radical (unpaired) electrons. The summed E-state index contributed by atoms with van der Waals surface area (Å²) in [6.07, 6.45) is 4.33. The van der Waals surface area contributed by atoms with Gasteiger partial charge >= 0.3 is 5.97 Å². The number of carbonyl (C=O) groups is 1. The standard InChI is InChI=1S/C14H27NO2/c1-5-7-13(14(16)17-6-2)15-12-9-8-10(3)11(12)4/h10-13,15H,5-9H2,1-4H3. The molecule has 4 atom stereocenters. The van der Waals surface area contributed by atoms with Gasteiger partial charge in [0.2, 0.25) is 0 Å². The number of hydrogen-bond donors (Lipinski definition) is 1. The number of nitrogens with one attached hydrogen (secondary N) is 1. The fraction of sp³-hybridized carbons (Fsp3) is 0.929. The van der Waals surface area contributed by atoms with Crippen LogP contribution < -0.4 is 5.32 Å². The lowest BCUT2D eigenvalue weighted by atomic mass is 9.97. The van der Waals surface area contributed by atoms with Crippen molar-refractivity contribution in [3.63, 3.8) is 0 Å². The fourth-order valence-electron chi connectivity index (χ4n) is 2.66. The van der Waals surface area contributed by atoms with E-state index in [9.17, 15) is 4.79 Å². The quantitative estimate of drug-likeness (QED) is 0.727. The van der Waals surface area contributed by atoms with Crippen LogP contribution in [0.3, 0.4) is 0 Å². The molecule has 3 heteroatoms. The SMILES string of the molecule is CCCC(NC1CCC(C)C1C)C(=O)OCC. The van der Waals surface area contributed by atoms with Crippen molar-refractivity contribution in [2.45, 2.75) is 65.5 Å². The molecule has 17 heavy (non-hydrogen) atoms. The molecule has 0 bridgehead atoms. The summed E-state index contributed by atoms with van der Waals surface area (Å²) in [5.74, 6) is 1.34. The summed E-state index contributed by atoms with van der Waals surface area (Å²) in [5.41, 5.74) is 0. The van der Waals surface area contributed by atoms with Crippen LogP contribution in [0.1, 0.15) is 53.4 Å². The maximum Gasteiger partial charge on any atom is 0.323 e. The van der Waals surface area contributed by atoms with E-state index in [1.807, 2.05) is 6.92 Å². The van der Waals surface area contributed by atoms with Gasteiger partial charge in [-0.3, -0.25) is 4.79 Å². The first-order valence-electron chi connectivity index (χ1n) is 7.02. The molecular formula is C14H27NO2. The first kappa shape index (κ1) is 14.5. The van der Waals surface area contributed by atoms with Crippen LogP contribution in [0.2, 0.25) is 0 Å². The van der Waals surface area contributed by atoms with E-state index in [0.29, 0.717) is 18.6 Å². The summed E-state index contributed by atoms with van der Waals surface area (Å²) in [4.78, 5) is 11.8. The van der Waals surface area contributed by atoms with Gasteiger partial charge in [0.1, 0.15) is 6.04 Å². The van der Waals surface area contributed by atoms with Crippen LogP contribution in [0.25, 0.3) is 0 Å². The van der Waals surface area contributed by atoms with E-state index in [1.54, 1.807) is 0 Å². The zero-order valence-electron chi connectivity index (χ0n) is 11.7. The maximum absolute atomic E-state index is 11.8. The Hall–Kier alpha value is -0.570. The van der Waals surface area contributed by atoms with Crippen molar-refractivity contribution in [2.75, 3.05) is 6.61 Å². The molecule has 100 valence electrons. The Bertz CT molecular complexity index is 242. The Morgan fingerprint density at radius 1 is 1.35 bits per heavy atom. The molecule has 0 saturated heterocycles. The Kier molecular flexibility index (Phi) is 5.96. The number of rotatable bonds is 6. The maximum atomic E-state index is 11.8. The molecule has 1 aliphatic carbocycles. The van der Waals surface area contributed by atoms with Gasteiger partial charge in [0.25, 0.3) is 0 Å². The third kappa shape index (κ3) is 3.98. The third-order valence-corrected chi connectivity index (χ3v) is 4.03. The van der Waals surface area contributed by atoms with Crippen LogP contribution in [-0.4, -0.2) is 24.7 Å². The monoisotopic (exact) mass is 241 g/mol. The number of carbonyl (C=O) groups excluding carboxylic acids is 1. The van der Waals surface area contributed by atoms with Gasteiger partial charge in [-0.05, 0) is 38.0 Å². The van der Waals surface area contributed by atoms with E-state index in [-0.39, 0.29) is 12.0 Å². The van der Waals surface area contributed by atoms with E-state index in [1.165, 1.54) is 12.8 Å². The second kappa shape index (κ2) is 7.00. The van der Waals surface area contributed by atoms with E-state index in [0.717, 1.165) is 18.8 Å². The summed E-state index contributed by atoms with van der Waals surface area (Å²) >= 11 is 0. The van der Waals surface area contributed by atoms with Gasteiger partial charge in [0.05, 0.1) is 6.61 Å². The van der Waals surface area contributed by atoms with Gasteiger partial charge in [0, 0.05) is 6.04 Å². The summed E-state index contributed by atoms with van der Waals surface area (Å²) in [5, 5.41) is 3.51. The summed E-state index contributed by atoms with van der Waals surface area (Å²) < 4.78 is 5.13. The van der Waals surface area contributed by atoms with Crippen molar-refractivity contribution < 1.29 is 9.53 Å². The molecule has 0 aromatic rings. The van der Waals surface area contributed by atoms with Crippen LogP contribution >= 0.6 is 0 Å². The van der Waals surface area contributed by atoms with Crippen molar-refractivity contribution in [3.8, 4) is 0 Å². The molecule has 1 aliphatic rings. The molecule has 1 saturated carbocycles. The molecule has 0 heterocycles. The topological polar surface area (TPSA) is 38.3 Å². The predicted octanol–water partition coefficient (Wildman–Crippen LogP) is 2.74. The summed E-state index contributed by atoms with van der Waals surface area (Å²) in [7, 11) is 0. The molecular weight excluding hydrogens is 214 g/mol. The Morgan fingerprint density at radius 2 is 2.06 bits per heavy atom. The smallest absolute Gasteiger partial charge is 0.323 e. The Morgan fingerprint density at radius 3 is 2.53 bits per heavy atom. The molecule has 0 aliphatic heterocycles. The Balaban J connectivity index is 2.51. The average Bonchev–Trinajstić information content (AvgIpc) is 2.60.